The lowest BCUT2D eigenvalue weighted by atomic mass is 10.2. The van der Waals surface area contributed by atoms with Crippen molar-refractivity contribution < 1.29 is 22.7 Å². The van der Waals surface area contributed by atoms with Crippen molar-refractivity contribution in [1.29, 1.82) is 0 Å². The number of aromatic nitrogens is 3. The van der Waals surface area contributed by atoms with Crippen molar-refractivity contribution in [3.05, 3.63) is 41.5 Å². The number of nitrogens with one attached hydrogen (secondary N) is 1. The highest BCUT2D eigenvalue weighted by atomic mass is 32.2. The molecule has 0 unspecified atom stereocenters. The molecule has 0 amide bonds. The van der Waals surface area contributed by atoms with Crippen LogP contribution in [0, 0.1) is 12.7 Å². The number of aryl methyl sites for hydroxylation is 1. The van der Waals surface area contributed by atoms with Gasteiger partial charge in [0.1, 0.15) is 5.82 Å². The number of sulfonamides is 1. The second kappa shape index (κ2) is 6.20. The SMILES string of the molecule is Cc1cc(F)ccc1S(=O)(=O)NCCn1cc(C(=O)O)nn1. The van der Waals surface area contributed by atoms with Gasteiger partial charge in [-0.2, -0.15) is 0 Å². The molecular formula is C12H13FN4O4S. The van der Waals surface area contributed by atoms with Crippen LogP contribution in [-0.2, 0) is 16.6 Å². The number of rotatable bonds is 6. The summed E-state index contributed by atoms with van der Waals surface area (Å²) in [6.07, 6.45) is 1.19. The number of carbonyl (C=O) groups is 1. The molecule has 0 atom stereocenters. The van der Waals surface area contributed by atoms with Crippen molar-refractivity contribution in [2.24, 2.45) is 0 Å². The van der Waals surface area contributed by atoms with Crippen LogP contribution in [0.1, 0.15) is 16.1 Å². The third-order valence-corrected chi connectivity index (χ3v) is 4.44. The molecule has 1 heterocycles. The normalized spacial score (nSPS) is 11.5. The lowest BCUT2D eigenvalue weighted by molar-refractivity contribution is 0.0690. The maximum Gasteiger partial charge on any atom is 0.358 e. The summed E-state index contributed by atoms with van der Waals surface area (Å²) in [6, 6.07) is 3.38. The monoisotopic (exact) mass is 328 g/mol. The Bertz CT molecular complexity index is 803. The molecule has 10 heteroatoms. The average Bonchev–Trinajstić information content (AvgIpc) is 2.87. The van der Waals surface area contributed by atoms with Gasteiger partial charge in [0, 0.05) is 6.54 Å². The van der Waals surface area contributed by atoms with Gasteiger partial charge in [-0.3, -0.25) is 4.68 Å². The fourth-order valence-electron chi connectivity index (χ4n) is 1.79. The molecule has 1 aromatic heterocycles. The van der Waals surface area contributed by atoms with E-state index in [1.54, 1.807) is 0 Å². The van der Waals surface area contributed by atoms with Gasteiger partial charge < -0.3 is 5.11 Å². The van der Waals surface area contributed by atoms with Crippen LogP contribution in [0.25, 0.3) is 0 Å². The van der Waals surface area contributed by atoms with Gasteiger partial charge in [0.15, 0.2) is 5.69 Å². The summed E-state index contributed by atoms with van der Waals surface area (Å²) < 4.78 is 40.7. The second-order valence-electron chi connectivity index (χ2n) is 4.48. The molecule has 0 bridgehead atoms. The molecule has 0 fully saturated rings. The highest BCUT2D eigenvalue weighted by Gasteiger charge is 2.17. The number of nitrogens with zero attached hydrogens (tertiary/aromatic N) is 3. The lowest BCUT2D eigenvalue weighted by Crippen LogP contribution is -2.28. The number of hydrogen-bond acceptors (Lipinski definition) is 5. The molecule has 1 aromatic carbocycles. The van der Waals surface area contributed by atoms with Crippen LogP contribution < -0.4 is 4.72 Å². The largest absolute Gasteiger partial charge is 0.476 e. The molecule has 8 nitrogen and oxygen atoms in total. The summed E-state index contributed by atoms with van der Waals surface area (Å²) in [5.41, 5.74) is 0.0682. The van der Waals surface area contributed by atoms with E-state index in [4.69, 9.17) is 5.11 Å². The molecule has 2 N–H and O–H groups in total. The van der Waals surface area contributed by atoms with Gasteiger partial charge in [0.05, 0.1) is 17.6 Å². The Balaban J connectivity index is 2.02. The zero-order valence-corrected chi connectivity index (χ0v) is 12.3. The Labute approximate surface area is 125 Å². The first kappa shape index (κ1) is 16.0. The van der Waals surface area contributed by atoms with Crippen LogP contribution in [0.2, 0.25) is 0 Å². The summed E-state index contributed by atoms with van der Waals surface area (Å²) in [6.45, 7) is 1.59. The fraction of sp³-hybridized carbons (Fsp3) is 0.250. The van der Waals surface area contributed by atoms with E-state index >= 15 is 0 Å². The van der Waals surface area contributed by atoms with E-state index < -0.39 is 21.8 Å². The Hall–Kier alpha value is -2.33. The zero-order valence-electron chi connectivity index (χ0n) is 11.5. The summed E-state index contributed by atoms with van der Waals surface area (Å²) in [5.74, 6) is -1.73. The average molecular weight is 328 g/mol. The maximum absolute atomic E-state index is 13.0. The summed E-state index contributed by atoms with van der Waals surface area (Å²) in [7, 11) is -3.78. The third-order valence-electron chi connectivity index (χ3n) is 2.82. The Kier molecular flexibility index (Phi) is 4.52. The molecule has 0 spiro atoms. The summed E-state index contributed by atoms with van der Waals surface area (Å²) in [4.78, 5) is 10.6. The molecule has 22 heavy (non-hydrogen) atoms. The molecule has 0 radical (unpaired) electrons. The molecule has 0 aliphatic rings. The van der Waals surface area contributed by atoms with Crippen molar-refractivity contribution >= 4 is 16.0 Å². The number of hydrogen-bond donors (Lipinski definition) is 2. The lowest BCUT2D eigenvalue weighted by Gasteiger charge is -2.09. The Morgan fingerprint density at radius 3 is 2.77 bits per heavy atom. The van der Waals surface area contributed by atoms with Crippen molar-refractivity contribution in [3.63, 3.8) is 0 Å². The van der Waals surface area contributed by atoms with E-state index in [2.05, 4.69) is 15.0 Å². The molecule has 118 valence electrons. The van der Waals surface area contributed by atoms with Crippen molar-refractivity contribution in [3.8, 4) is 0 Å². The van der Waals surface area contributed by atoms with Gasteiger partial charge in [0.2, 0.25) is 10.0 Å². The van der Waals surface area contributed by atoms with Crippen molar-refractivity contribution in [2.75, 3.05) is 6.54 Å². The number of carboxylic acid groups (broad SMARTS) is 1. The van der Waals surface area contributed by atoms with Crippen LogP contribution >= 0.6 is 0 Å². The van der Waals surface area contributed by atoms with Crippen LogP contribution in [0.3, 0.4) is 0 Å². The number of carboxylic acids is 1. The molecule has 0 saturated carbocycles. The van der Waals surface area contributed by atoms with E-state index in [1.165, 1.54) is 23.9 Å². The standard InChI is InChI=1S/C12H13FN4O4S/c1-8-6-9(13)2-3-11(8)22(20,21)14-4-5-17-7-10(12(18)19)15-16-17/h2-3,6-7,14H,4-5H2,1H3,(H,18,19). The van der Waals surface area contributed by atoms with E-state index in [1.807, 2.05) is 0 Å². The van der Waals surface area contributed by atoms with Crippen LogP contribution in [0.5, 0.6) is 0 Å². The van der Waals surface area contributed by atoms with Crippen LogP contribution in [0.4, 0.5) is 4.39 Å². The molecule has 2 aromatic rings. The first-order valence-electron chi connectivity index (χ1n) is 6.19. The quantitative estimate of drug-likeness (QED) is 0.793. The predicted molar refractivity (Wildman–Crippen MR) is 73.3 cm³/mol. The van der Waals surface area contributed by atoms with E-state index in [9.17, 15) is 17.6 Å². The van der Waals surface area contributed by atoms with E-state index in [-0.39, 0.29) is 23.7 Å². The zero-order chi connectivity index (χ0) is 16.3. The van der Waals surface area contributed by atoms with Gasteiger partial charge in [-0.1, -0.05) is 5.21 Å². The highest BCUT2D eigenvalue weighted by Crippen LogP contribution is 2.15. The predicted octanol–water partition coefficient (Wildman–Crippen LogP) is 0.402. The minimum Gasteiger partial charge on any atom is -0.476 e. The first-order chi connectivity index (χ1) is 10.3. The Morgan fingerprint density at radius 1 is 1.45 bits per heavy atom. The fourth-order valence-corrected chi connectivity index (χ4v) is 3.04. The number of halogens is 1. The molecule has 0 saturated heterocycles. The molecule has 0 aliphatic heterocycles. The summed E-state index contributed by atoms with van der Waals surface area (Å²) >= 11 is 0. The van der Waals surface area contributed by atoms with Gasteiger partial charge >= 0.3 is 5.97 Å². The Morgan fingerprint density at radius 2 is 2.18 bits per heavy atom. The van der Waals surface area contributed by atoms with Gasteiger partial charge in [-0.15, -0.1) is 5.10 Å². The van der Waals surface area contributed by atoms with E-state index in [0.717, 1.165) is 12.1 Å². The second-order valence-corrected chi connectivity index (χ2v) is 6.21. The van der Waals surface area contributed by atoms with E-state index in [0.29, 0.717) is 5.56 Å². The van der Waals surface area contributed by atoms with Crippen molar-refractivity contribution in [2.45, 2.75) is 18.4 Å². The highest BCUT2D eigenvalue weighted by molar-refractivity contribution is 7.89. The number of benzene rings is 1. The summed E-state index contributed by atoms with van der Waals surface area (Å²) in [5, 5.41) is 15.7. The van der Waals surface area contributed by atoms with Gasteiger partial charge in [-0.25, -0.2) is 22.3 Å². The smallest absolute Gasteiger partial charge is 0.358 e. The van der Waals surface area contributed by atoms with Crippen molar-refractivity contribution in [1.82, 2.24) is 19.7 Å². The topological polar surface area (TPSA) is 114 Å². The molecule has 2 rings (SSSR count). The maximum atomic E-state index is 13.0. The molecular weight excluding hydrogens is 315 g/mol. The minimum atomic E-state index is -3.78. The molecule has 0 aliphatic carbocycles. The van der Waals surface area contributed by atoms with Crippen LogP contribution in [0.15, 0.2) is 29.3 Å². The minimum absolute atomic E-state index is 0.0123. The first-order valence-corrected chi connectivity index (χ1v) is 7.67. The van der Waals surface area contributed by atoms with Crippen LogP contribution in [-0.4, -0.2) is 41.0 Å². The number of aromatic carboxylic acids is 1. The van der Waals surface area contributed by atoms with Gasteiger partial charge in [-0.05, 0) is 30.7 Å². The third kappa shape index (κ3) is 3.65. The van der Waals surface area contributed by atoms with Gasteiger partial charge in [0.25, 0.3) is 0 Å².